The average Bonchev–Trinajstić information content (AvgIpc) is 2.73. The van der Waals surface area contributed by atoms with E-state index in [-0.39, 0.29) is 6.04 Å². The summed E-state index contributed by atoms with van der Waals surface area (Å²) < 4.78 is 5.51. The van der Waals surface area contributed by atoms with Crippen molar-refractivity contribution in [3.63, 3.8) is 0 Å². The molecule has 4 heteroatoms. The summed E-state index contributed by atoms with van der Waals surface area (Å²) in [6, 6.07) is 26.5. The molecule has 0 fully saturated rings. The second kappa shape index (κ2) is 9.72. The molecule has 142 valence electrons. The highest BCUT2D eigenvalue weighted by molar-refractivity contribution is 7.80. The van der Waals surface area contributed by atoms with Crippen LogP contribution in [0.4, 0.5) is 5.69 Å². The molecular weight excluding hydrogens is 364 g/mol. The minimum Gasteiger partial charge on any atom is -0.490 e. The minimum atomic E-state index is -0.0306. The highest BCUT2D eigenvalue weighted by atomic mass is 32.1. The smallest absolute Gasteiger partial charge is 0.171 e. The second-order valence-electron chi connectivity index (χ2n) is 6.48. The van der Waals surface area contributed by atoms with Crippen molar-refractivity contribution in [2.45, 2.75) is 13.0 Å². The number of anilines is 1. The molecule has 3 nitrogen and oxygen atoms in total. The van der Waals surface area contributed by atoms with Crippen molar-refractivity contribution in [3.05, 3.63) is 108 Å². The molecule has 0 radical (unpaired) electrons. The van der Waals surface area contributed by atoms with Crippen molar-refractivity contribution >= 4 is 23.0 Å². The van der Waals surface area contributed by atoms with E-state index in [0.29, 0.717) is 11.7 Å². The molecule has 3 aromatic carbocycles. The Hall–Kier alpha value is -3.11. The van der Waals surface area contributed by atoms with Gasteiger partial charge in [0.05, 0.1) is 6.04 Å². The van der Waals surface area contributed by atoms with Crippen LogP contribution in [-0.2, 0) is 0 Å². The molecule has 3 aromatic rings. The van der Waals surface area contributed by atoms with Crippen molar-refractivity contribution in [2.75, 3.05) is 11.9 Å². The number of aryl methyl sites for hydroxylation is 1. The summed E-state index contributed by atoms with van der Waals surface area (Å²) >= 11 is 5.57. The fourth-order valence-corrected chi connectivity index (χ4v) is 3.09. The summed E-state index contributed by atoms with van der Waals surface area (Å²) in [7, 11) is 0. The zero-order valence-corrected chi connectivity index (χ0v) is 16.7. The Morgan fingerprint density at radius 3 is 2.25 bits per heavy atom. The number of benzene rings is 3. The van der Waals surface area contributed by atoms with Gasteiger partial charge in [-0.25, -0.2) is 0 Å². The summed E-state index contributed by atoms with van der Waals surface area (Å²) in [6.07, 6.45) is 1.72. The Labute approximate surface area is 172 Å². The molecule has 0 spiro atoms. The van der Waals surface area contributed by atoms with Crippen LogP contribution in [0.2, 0.25) is 0 Å². The highest BCUT2D eigenvalue weighted by Crippen LogP contribution is 2.23. The van der Waals surface area contributed by atoms with Crippen LogP contribution in [0.3, 0.4) is 0 Å². The van der Waals surface area contributed by atoms with Gasteiger partial charge < -0.3 is 15.4 Å². The lowest BCUT2D eigenvalue weighted by Crippen LogP contribution is -2.33. The number of hydrogen-bond donors (Lipinski definition) is 2. The summed E-state index contributed by atoms with van der Waals surface area (Å²) in [5.41, 5.74) is 4.45. The first kappa shape index (κ1) is 19.6. The third-order valence-electron chi connectivity index (χ3n) is 4.30. The number of nitrogens with one attached hydrogen (secondary N) is 2. The molecule has 3 rings (SSSR count). The monoisotopic (exact) mass is 388 g/mol. The van der Waals surface area contributed by atoms with Gasteiger partial charge in [0.2, 0.25) is 0 Å². The van der Waals surface area contributed by atoms with Gasteiger partial charge >= 0.3 is 0 Å². The fourth-order valence-electron chi connectivity index (χ4n) is 2.85. The van der Waals surface area contributed by atoms with E-state index in [1.54, 1.807) is 6.08 Å². The third kappa shape index (κ3) is 5.44. The van der Waals surface area contributed by atoms with E-state index < -0.39 is 0 Å². The highest BCUT2D eigenvalue weighted by Gasteiger charge is 2.15. The van der Waals surface area contributed by atoms with Gasteiger partial charge in [-0.05, 0) is 54.5 Å². The van der Waals surface area contributed by atoms with Gasteiger partial charge in [-0.15, -0.1) is 0 Å². The Morgan fingerprint density at radius 2 is 1.61 bits per heavy atom. The molecule has 28 heavy (non-hydrogen) atoms. The maximum absolute atomic E-state index is 5.57. The normalized spacial score (nSPS) is 11.3. The van der Waals surface area contributed by atoms with Gasteiger partial charge in [0.25, 0.3) is 0 Å². The molecule has 1 unspecified atom stereocenters. The summed E-state index contributed by atoms with van der Waals surface area (Å²) in [5, 5.41) is 7.26. The van der Waals surface area contributed by atoms with Crippen LogP contribution in [0.25, 0.3) is 0 Å². The molecule has 0 bridgehead atoms. The standard InChI is InChI=1S/C24H24N2OS/c1-3-17-27-22-15-13-21(14-16-22)25-24(28)26-23(19-7-5-4-6-8-19)20-11-9-18(2)10-12-20/h3-16,23H,1,17H2,2H3,(H2,25,26,28). The molecule has 0 aliphatic heterocycles. The van der Waals surface area contributed by atoms with Crippen LogP contribution >= 0.6 is 12.2 Å². The van der Waals surface area contributed by atoms with Crippen LogP contribution < -0.4 is 15.4 Å². The molecule has 0 aliphatic carbocycles. The van der Waals surface area contributed by atoms with Crippen LogP contribution in [0.1, 0.15) is 22.7 Å². The Kier molecular flexibility index (Phi) is 6.82. The van der Waals surface area contributed by atoms with Crippen LogP contribution in [0.15, 0.2) is 91.5 Å². The zero-order valence-electron chi connectivity index (χ0n) is 15.9. The Bertz CT molecular complexity index is 906. The Morgan fingerprint density at radius 1 is 0.964 bits per heavy atom. The minimum absolute atomic E-state index is 0.0306. The largest absolute Gasteiger partial charge is 0.490 e. The second-order valence-corrected chi connectivity index (χ2v) is 6.89. The van der Waals surface area contributed by atoms with Crippen molar-refractivity contribution in [2.24, 2.45) is 0 Å². The first-order valence-electron chi connectivity index (χ1n) is 9.18. The lowest BCUT2D eigenvalue weighted by atomic mass is 9.98. The van der Waals surface area contributed by atoms with E-state index in [1.165, 1.54) is 5.56 Å². The summed E-state index contributed by atoms with van der Waals surface area (Å²) in [6.45, 7) is 6.23. The topological polar surface area (TPSA) is 33.3 Å². The van der Waals surface area contributed by atoms with Crippen molar-refractivity contribution in [3.8, 4) is 5.75 Å². The Balaban J connectivity index is 1.72. The van der Waals surface area contributed by atoms with Gasteiger partial charge in [-0.2, -0.15) is 0 Å². The maximum atomic E-state index is 5.57. The van der Waals surface area contributed by atoms with Gasteiger partial charge in [0.1, 0.15) is 12.4 Å². The molecule has 0 saturated carbocycles. The molecule has 0 aliphatic rings. The zero-order chi connectivity index (χ0) is 19.8. The lowest BCUT2D eigenvalue weighted by Gasteiger charge is -2.22. The molecule has 0 aromatic heterocycles. The van der Waals surface area contributed by atoms with Gasteiger partial charge in [0, 0.05) is 5.69 Å². The van der Waals surface area contributed by atoms with E-state index in [1.807, 2.05) is 42.5 Å². The first-order chi connectivity index (χ1) is 13.7. The van der Waals surface area contributed by atoms with E-state index in [9.17, 15) is 0 Å². The van der Waals surface area contributed by atoms with Gasteiger partial charge in [-0.3, -0.25) is 0 Å². The number of rotatable bonds is 7. The van der Waals surface area contributed by atoms with Crippen molar-refractivity contribution in [1.29, 1.82) is 0 Å². The van der Waals surface area contributed by atoms with E-state index in [0.717, 1.165) is 22.6 Å². The molecule has 1 atom stereocenters. The van der Waals surface area contributed by atoms with Crippen LogP contribution in [-0.4, -0.2) is 11.7 Å². The molecular formula is C24H24N2OS. The fraction of sp³-hybridized carbons (Fsp3) is 0.125. The quantitative estimate of drug-likeness (QED) is 0.406. The molecule has 0 amide bonds. The number of hydrogen-bond acceptors (Lipinski definition) is 2. The predicted octanol–water partition coefficient (Wildman–Crippen LogP) is 5.64. The predicted molar refractivity (Wildman–Crippen MR) is 121 cm³/mol. The van der Waals surface area contributed by atoms with Crippen molar-refractivity contribution < 1.29 is 4.74 Å². The molecule has 0 saturated heterocycles. The van der Waals surface area contributed by atoms with Crippen molar-refractivity contribution in [1.82, 2.24) is 5.32 Å². The van der Waals surface area contributed by atoms with E-state index in [2.05, 4.69) is 60.5 Å². The summed E-state index contributed by atoms with van der Waals surface area (Å²) in [4.78, 5) is 0. The number of thiocarbonyl (C=S) groups is 1. The third-order valence-corrected chi connectivity index (χ3v) is 4.52. The van der Waals surface area contributed by atoms with Crippen LogP contribution in [0, 0.1) is 6.92 Å². The summed E-state index contributed by atoms with van der Waals surface area (Å²) in [5.74, 6) is 0.797. The van der Waals surface area contributed by atoms with E-state index >= 15 is 0 Å². The average molecular weight is 389 g/mol. The maximum Gasteiger partial charge on any atom is 0.171 e. The first-order valence-corrected chi connectivity index (χ1v) is 9.59. The molecule has 2 N–H and O–H groups in total. The molecule has 0 heterocycles. The van der Waals surface area contributed by atoms with Crippen LogP contribution in [0.5, 0.6) is 5.75 Å². The van der Waals surface area contributed by atoms with Gasteiger partial charge in [0.15, 0.2) is 5.11 Å². The lowest BCUT2D eigenvalue weighted by molar-refractivity contribution is 0.363. The SMILES string of the molecule is C=CCOc1ccc(NC(=S)NC(c2ccccc2)c2ccc(C)cc2)cc1. The van der Waals surface area contributed by atoms with E-state index in [4.69, 9.17) is 17.0 Å². The number of ether oxygens (including phenoxy) is 1. The van der Waals surface area contributed by atoms with Gasteiger partial charge in [-0.1, -0.05) is 72.8 Å².